The topological polar surface area (TPSA) is 30.5 Å². The Kier molecular flexibility index (Phi) is 5.48. The Morgan fingerprint density at radius 3 is 2.80 bits per heavy atom. The molecule has 0 radical (unpaired) electrons. The largest absolute Gasteiger partial charge is 0.486 e. The van der Waals surface area contributed by atoms with Crippen molar-refractivity contribution in [2.24, 2.45) is 0 Å². The van der Waals surface area contributed by atoms with Crippen LogP contribution in [0.5, 0.6) is 11.5 Å². The third-order valence-corrected chi connectivity index (χ3v) is 3.64. The molecule has 1 N–H and O–H groups in total. The fourth-order valence-electron chi connectivity index (χ4n) is 2.35. The smallest absolute Gasteiger partial charge is 0.161 e. The summed E-state index contributed by atoms with van der Waals surface area (Å²) in [6.45, 7) is 10.0. The van der Waals surface area contributed by atoms with Gasteiger partial charge >= 0.3 is 0 Å². The molecule has 1 aromatic rings. The highest BCUT2D eigenvalue weighted by Crippen LogP contribution is 2.32. The summed E-state index contributed by atoms with van der Waals surface area (Å²) in [6, 6.07) is 8.12. The maximum atomic E-state index is 6.11. The summed E-state index contributed by atoms with van der Waals surface area (Å²) < 4.78 is 11.9. The van der Waals surface area contributed by atoms with Crippen molar-refractivity contribution in [2.45, 2.75) is 45.3 Å². The van der Waals surface area contributed by atoms with Crippen LogP contribution in [0.2, 0.25) is 0 Å². The van der Waals surface area contributed by atoms with Gasteiger partial charge in [0.2, 0.25) is 0 Å². The van der Waals surface area contributed by atoms with E-state index < -0.39 is 0 Å². The molecule has 0 aliphatic carbocycles. The van der Waals surface area contributed by atoms with Crippen LogP contribution in [0.25, 0.3) is 0 Å². The van der Waals surface area contributed by atoms with E-state index in [1.165, 1.54) is 5.57 Å². The summed E-state index contributed by atoms with van der Waals surface area (Å²) in [5, 5.41) is 3.57. The number of benzene rings is 1. The first-order valence-electron chi connectivity index (χ1n) is 7.53. The number of hydrogen-bond donors (Lipinski definition) is 1. The second-order valence-corrected chi connectivity index (χ2v) is 5.28. The van der Waals surface area contributed by atoms with E-state index in [9.17, 15) is 0 Å². The summed E-state index contributed by atoms with van der Waals surface area (Å²) in [7, 11) is 0. The summed E-state index contributed by atoms with van der Waals surface area (Å²) in [6.07, 6.45) is 3.10. The Bertz CT molecular complexity index is 444. The first-order valence-corrected chi connectivity index (χ1v) is 7.53. The Morgan fingerprint density at radius 1 is 1.35 bits per heavy atom. The van der Waals surface area contributed by atoms with Crippen LogP contribution in [-0.4, -0.2) is 25.3 Å². The second-order valence-electron chi connectivity index (χ2n) is 5.28. The van der Waals surface area contributed by atoms with Crippen LogP contribution >= 0.6 is 0 Å². The Labute approximate surface area is 122 Å². The summed E-state index contributed by atoms with van der Waals surface area (Å²) in [4.78, 5) is 0. The minimum absolute atomic E-state index is 0.0414. The molecule has 0 aromatic heterocycles. The van der Waals surface area contributed by atoms with Gasteiger partial charge in [-0.3, -0.25) is 0 Å². The fourth-order valence-corrected chi connectivity index (χ4v) is 2.35. The van der Waals surface area contributed by atoms with Crippen molar-refractivity contribution in [1.82, 2.24) is 5.32 Å². The van der Waals surface area contributed by atoms with Crippen molar-refractivity contribution in [1.29, 1.82) is 0 Å². The van der Waals surface area contributed by atoms with Crippen molar-refractivity contribution in [3.63, 3.8) is 0 Å². The molecule has 1 aromatic carbocycles. The molecule has 2 unspecified atom stereocenters. The molecule has 0 bridgehead atoms. The van der Waals surface area contributed by atoms with Gasteiger partial charge in [-0.25, -0.2) is 0 Å². The molecular formula is C17H25NO2. The molecule has 2 rings (SSSR count). The highest BCUT2D eigenvalue weighted by atomic mass is 16.6. The third-order valence-electron chi connectivity index (χ3n) is 3.64. The van der Waals surface area contributed by atoms with Gasteiger partial charge in [0, 0.05) is 0 Å². The zero-order valence-corrected chi connectivity index (χ0v) is 12.5. The molecule has 3 heteroatoms. The molecule has 1 aliphatic heterocycles. The lowest BCUT2D eigenvalue weighted by molar-refractivity contribution is 0.0618. The molecular weight excluding hydrogens is 250 g/mol. The zero-order chi connectivity index (χ0) is 14.4. The van der Waals surface area contributed by atoms with E-state index in [-0.39, 0.29) is 12.1 Å². The molecule has 0 saturated heterocycles. The van der Waals surface area contributed by atoms with Crippen molar-refractivity contribution < 1.29 is 9.47 Å². The van der Waals surface area contributed by atoms with E-state index in [1.54, 1.807) is 0 Å². The lowest BCUT2D eigenvalue weighted by Gasteiger charge is -2.33. The number of hydrogen-bond acceptors (Lipinski definition) is 3. The lowest BCUT2D eigenvalue weighted by atomic mass is 10.00. The van der Waals surface area contributed by atoms with Crippen LogP contribution in [0.4, 0.5) is 0 Å². The molecule has 2 atom stereocenters. The molecule has 0 fully saturated rings. The van der Waals surface area contributed by atoms with E-state index in [1.807, 2.05) is 24.3 Å². The molecule has 20 heavy (non-hydrogen) atoms. The number of rotatable bonds is 7. The zero-order valence-electron chi connectivity index (χ0n) is 12.5. The first-order chi connectivity index (χ1) is 9.74. The molecule has 0 saturated carbocycles. The number of nitrogens with one attached hydrogen (secondary N) is 1. The van der Waals surface area contributed by atoms with E-state index in [4.69, 9.17) is 9.47 Å². The van der Waals surface area contributed by atoms with Gasteiger partial charge in [0.25, 0.3) is 0 Å². The molecule has 0 spiro atoms. The van der Waals surface area contributed by atoms with Gasteiger partial charge in [-0.2, -0.15) is 0 Å². The van der Waals surface area contributed by atoms with Gasteiger partial charge in [0.1, 0.15) is 12.7 Å². The van der Waals surface area contributed by atoms with E-state index in [2.05, 4.69) is 25.7 Å². The minimum Gasteiger partial charge on any atom is -0.486 e. The maximum Gasteiger partial charge on any atom is 0.161 e. The van der Waals surface area contributed by atoms with E-state index >= 15 is 0 Å². The van der Waals surface area contributed by atoms with Crippen molar-refractivity contribution in [3.8, 4) is 11.5 Å². The quantitative estimate of drug-likeness (QED) is 0.772. The molecule has 1 aliphatic rings. The Hall–Kier alpha value is -1.48. The molecule has 110 valence electrons. The van der Waals surface area contributed by atoms with E-state index in [0.717, 1.165) is 37.3 Å². The molecule has 1 heterocycles. The van der Waals surface area contributed by atoms with Gasteiger partial charge < -0.3 is 14.8 Å². The lowest BCUT2D eigenvalue weighted by Crippen LogP contribution is -2.48. The standard InChI is InChI=1S/C17H25NO2/c1-4-10-18-14(11-13(3)5-2)17-12-19-15-8-6-7-9-16(15)20-17/h6-9,14,17-18H,3-5,10-12H2,1-2H3. The van der Waals surface area contributed by atoms with Crippen LogP contribution < -0.4 is 14.8 Å². The molecule has 0 amide bonds. The Balaban J connectivity index is 2.04. The highest BCUT2D eigenvalue weighted by Gasteiger charge is 2.28. The number of ether oxygens (including phenoxy) is 2. The third kappa shape index (κ3) is 3.76. The second kappa shape index (κ2) is 7.34. The predicted octanol–water partition coefficient (Wildman–Crippen LogP) is 3.55. The van der Waals surface area contributed by atoms with Crippen LogP contribution in [0.3, 0.4) is 0 Å². The fraction of sp³-hybridized carbons (Fsp3) is 0.529. The Morgan fingerprint density at radius 2 is 2.10 bits per heavy atom. The van der Waals surface area contributed by atoms with Crippen molar-refractivity contribution in [3.05, 3.63) is 36.4 Å². The average Bonchev–Trinajstić information content (AvgIpc) is 2.50. The summed E-state index contributed by atoms with van der Waals surface area (Å²) in [5.74, 6) is 1.68. The van der Waals surface area contributed by atoms with Crippen LogP contribution in [0.15, 0.2) is 36.4 Å². The maximum absolute atomic E-state index is 6.11. The predicted molar refractivity (Wildman–Crippen MR) is 82.5 cm³/mol. The SMILES string of the molecule is C=C(CC)CC(NCCC)C1COc2ccccc2O1. The minimum atomic E-state index is 0.0414. The van der Waals surface area contributed by atoms with Crippen LogP contribution in [-0.2, 0) is 0 Å². The normalized spacial score (nSPS) is 18.6. The van der Waals surface area contributed by atoms with Gasteiger partial charge in [-0.05, 0) is 37.9 Å². The first kappa shape index (κ1) is 14.9. The van der Waals surface area contributed by atoms with Crippen molar-refractivity contribution >= 4 is 0 Å². The summed E-state index contributed by atoms with van der Waals surface area (Å²) in [5.41, 5.74) is 1.25. The molecule has 3 nitrogen and oxygen atoms in total. The number of fused-ring (bicyclic) bond motifs is 1. The average molecular weight is 275 g/mol. The van der Waals surface area contributed by atoms with Crippen LogP contribution in [0.1, 0.15) is 33.1 Å². The monoisotopic (exact) mass is 275 g/mol. The van der Waals surface area contributed by atoms with Gasteiger partial charge in [0.15, 0.2) is 11.5 Å². The number of para-hydroxylation sites is 2. The van der Waals surface area contributed by atoms with Gasteiger partial charge in [0.05, 0.1) is 6.04 Å². The van der Waals surface area contributed by atoms with Gasteiger partial charge in [-0.1, -0.05) is 38.1 Å². The highest BCUT2D eigenvalue weighted by molar-refractivity contribution is 5.40. The van der Waals surface area contributed by atoms with E-state index in [0.29, 0.717) is 6.61 Å². The van der Waals surface area contributed by atoms with Crippen LogP contribution in [0, 0.1) is 0 Å². The van der Waals surface area contributed by atoms with Gasteiger partial charge in [-0.15, -0.1) is 0 Å². The summed E-state index contributed by atoms with van der Waals surface area (Å²) >= 11 is 0. The van der Waals surface area contributed by atoms with Crippen molar-refractivity contribution in [2.75, 3.05) is 13.2 Å².